The Morgan fingerprint density at radius 1 is 1.32 bits per heavy atom. The van der Waals surface area contributed by atoms with Gasteiger partial charge in [0.15, 0.2) is 0 Å². The average Bonchev–Trinajstić information content (AvgIpc) is 2.31. The summed E-state index contributed by atoms with van der Waals surface area (Å²) in [5, 5.41) is 3.32. The fraction of sp³-hybridized carbons (Fsp3) is 0.625. The highest BCUT2D eigenvalue weighted by atomic mass is 79.9. The summed E-state index contributed by atoms with van der Waals surface area (Å²) in [6, 6.07) is 5.45. The van der Waals surface area contributed by atoms with Crippen LogP contribution in [0.2, 0.25) is 0 Å². The molecule has 0 bridgehead atoms. The lowest BCUT2D eigenvalue weighted by atomic mass is 9.78. The van der Waals surface area contributed by atoms with E-state index >= 15 is 0 Å². The lowest BCUT2D eigenvalue weighted by Gasteiger charge is -2.31. The first-order chi connectivity index (χ1) is 8.74. The van der Waals surface area contributed by atoms with E-state index in [4.69, 9.17) is 0 Å². The second kappa shape index (κ2) is 6.85. The molecule has 1 nitrogen and oxygen atoms in total. The van der Waals surface area contributed by atoms with E-state index in [0.29, 0.717) is 12.0 Å². The Morgan fingerprint density at radius 3 is 2.47 bits per heavy atom. The van der Waals surface area contributed by atoms with E-state index in [2.05, 4.69) is 48.9 Å². The smallest absolute Gasteiger partial charge is 0.126 e. The van der Waals surface area contributed by atoms with Crippen molar-refractivity contribution < 1.29 is 4.39 Å². The molecule has 1 N–H and O–H groups in total. The monoisotopic (exact) mass is 329 g/mol. The zero-order valence-corrected chi connectivity index (χ0v) is 14.1. The van der Waals surface area contributed by atoms with Gasteiger partial charge in [-0.15, -0.1) is 0 Å². The first kappa shape index (κ1) is 16.6. The Balaban J connectivity index is 2.74. The van der Waals surface area contributed by atoms with Gasteiger partial charge in [0, 0.05) is 10.5 Å². The lowest BCUT2D eigenvalue weighted by molar-refractivity contribution is 0.224. The van der Waals surface area contributed by atoms with Crippen molar-refractivity contribution in [3.63, 3.8) is 0 Å². The number of hydrogen-bond donors (Lipinski definition) is 1. The quantitative estimate of drug-likeness (QED) is 0.818. The topological polar surface area (TPSA) is 12.0 Å². The molecule has 19 heavy (non-hydrogen) atoms. The van der Waals surface area contributed by atoms with Gasteiger partial charge in [0.1, 0.15) is 5.82 Å². The molecule has 0 aliphatic heterocycles. The van der Waals surface area contributed by atoms with Crippen molar-refractivity contribution in [2.24, 2.45) is 11.3 Å². The molecule has 108 valence electrons. The van der Waals surface area contributed by atoms with Gasteiger partial charge in [0.05, 0.1) is 0 Å². The maximum atomic E-state index is 13.8. The fourth-order valence-electron chi connectivity index (χ4n) is 2.05. The average molecular weight is 330 g/mol. The summed E-state index contributed by atoms with van der Waals surface area (Å²) in [6.07, 6.45) is 1.77. The molecule has 0 saturated heterocycles. The zero-order valence-electron chi connectivity index (χ0n) is 12.6. The zero-order chi connectivity index (χ0) is 14.6. The van der Waals surface area contributed by atoms with Crippen LogP contribution in [0.15, 0.2) is 22.7 Å². The molecule has 0 aromatic heterocycles. The molecule has 0 amide bonds. The van der Waals surface area contributed by atoms with E-state index in [-0.39, 0.29) is 11.2 Å². The highest BCUT2D eigenvalue weighted by molar-refractivity contribution is 9.10. The normalized spacial score (nSPS) is 15.3. The molecular weight excluding hydrogens is 305 g/mol. The summed E-state index contributed by atoms with van der Waals surface area (Å²) in [4.78, 5) is 0. The molecule has 0 radical (unpaired) electrons. The van der Waals surface area contributed by atoms with Crippen molar-refractivity contribution in [1.82, 2.24) is 5.32 Å². The van der Waals surface area contributed by atoms with Crippen LogP contribution in [0, 0.1) is 17.2 Å². The van der Waals surface area contributed by atoms with Gasteiger partial charge in [-0.25, -0.2) is 4.39 Å². The molecule has 0 fully saturated rings. The number of nitrogens with one attached hydrogen (secondary N) is 1. The first-order valence-electron chi connectivity index (χ1n) is 6.85. The van der Waals surface area contributed by atoms with Gasteiger partial charge in [0.2, 0.25) is 0 Å². The van der Waals surface area contributed by atoms with Gasteiger partial charge >= 0.3 is 0 Å². The molecule has 0 saturated carbocycles. The van der Waals surface area contributed by atoms with Crippen molar-refractivity contribution >= 4 is 15.9 Å². The van der Waals surface area contributed by atoms with Crippen molar-refractivity contribution in [3.8, 4) is 0 Å². The highest BCUT2D eigenvalue weighted by Crippen LogP contribution is 2.30. The molecule has 1 aromatic rings. The highest BCUT2D eigenvalue weighted by Gasteiger charge is 2.23. The minimum Gasteiger partial charge on any atom is -0.317 e. The fourth-order valence-corrected chi connectivity index (χ4v) is 2.46. The Hall–Kier alpha value is -0.410. The maximum Gasteiger partial charge on any atom is 0.126 e. The third-order valence-corrected chi connectivity index (χ3v) is 4.49. The number of benzene rings is 1. The molecule has 0 spiro atoms. The molecular formula is C16H25BrFN. The summed E-state index contributed by atoms with van der Waals surface area (Å²) in [6.45, 7) is 9.03. The standard InChI is InChI=1S/C16H25BrFN/c1-11(16(2,3)4)8-14(19-5)10-12-9-13(17)6-7-15(12)18/h6-7,9,11,14,19H,8,10H2,1-5H3. The van der Waals surface area contributed by atoms with Gasteiger partial charge in [-0.05, 0) is 55.0 Å². The molecule has 3 heteroatoms. The van der Waals surface area contributed by atoms with Crippen LogP contribution >= 0.6 is 15.9 Å². The Morgan fingerprint density at radius 2 is 1.95 bits per heavy atom. The largest absolute Gasteiger partial charge is 0.317 e. The predicted octanol–water partition coefficient (Wildman–Crippen LogP) is 4.79. The van der Waals surface area contributed by atoms with Crippen LogP contribution in [0.3, 0.4) is 0 Å². The van der Waals surface area contributed by atoms with Crippen molar-refractivity contribution in [1.29, 1.82) is 0 Å². The lowest BCUT2D eigenvalue weighted by Crippen LogP contribution is -2.33. The van der Waals surface area contributed by atoms with E-state index in [1.54, 1.807) is 6.07 Å². The summed E-state index contributed by atoms with van der Waals surface area (Å²) in [5.41, 5.74) is 1.06. The minimum absolute atomic E-state index is 0.119. The van der Waals surface area contributed by atoms with Crippen LogP contribution in [-0.4, -0.2) is 13.1 Å². The van der Waals surface area contributed by atoms with Gasteiger partial charge in [-0.1, -0.05) is 43.6 Å². The SMILES string of the molecule is CNC(Cc1cc(Br)ccc1F)CC(C)C(C)(C)C. The van der Waals surface area contributed by atoms with Crippen molar-refractivity contribution in [3.05, 3.63) is 34.1 Å². The molecule has 0 aliphatic rings. The number of hydrogen-bond acceptors (Lipinski definition) is 1. The van der Waals surface area contributed by atoms with Crippen LogP contribution in [0.4, 0.5) is 4.39 Å². The molecule has 1 aromatic carbocycles. The third-order valence-electron chi connectivity index (χ3n) is 4.00. The van der Waals surface area contributed by atoms with Crippen LogP contribution in [-0.2, 0) is 6.42 Å². The van der Waals surface area contributed by atoms with E-state index in [0.717, 1.165) is 22.9 Å². The van der Waals surface area contributed by atoms with Crippen LogP contribution < -0.4 is 5.32 Å². The maximum absolute atomic E-state index is 13.8. The predicted molar refractivity (Wildman–Crippen MR) is 83.9 cm³/mol. The van der Waals surface area contributed by atoms with Crippen LogP contribution in [0.1, 0.15) is 39.7 Å². The van der Waals surface area contributed by atoms with E-state index < -0.39 is 0 Å². The number of rotatable bonds is 5. The van der Waals surface area contributed by atoms with Gasteiger partial charge in [-0.3, -0.25) is 0 Å². The summed E-state index contributed by atoms with van der Waals surface area (Å²) < 4.78 is 14.7. The molecule has 2 atom stereocenters. The minimum atomic E-state index is -0.119. The molecule has 0 aliphatic carbocycles. The van der Waals surface area contributed by atoms with Crippen LogP contribution in [0.25, 0.3) is 0 Å². The Labute approximate surface area is 125 Å². The van der Waals surface area contributed by atoms with Gasteiger partial charge in [0.25, 0.3) is 0 Å². The van der Waals surface area contributed by atoms with Gasteiger partial charge in [-0.2, -0.15) is 0 Å². The summed E-state index contributed by atoms with van der Waals surface area (Å²) in [5.74, 6) is 0.465. The van der Waals surface area contributed by atoms with Crippen LogP contribution in [0.5, 0.6) is 0 Å². The van der Waals surface area contributed by atoms with Crippen molar-refractivity contribution in [2.75, 3.05) is 7.05 Å². The second-order valence-electron chi connectivity index (χ2n) is 6.43. The third kappa shape index (κ3) is 5.23. The van der Waals surface area contributed by atoms with E-state index in [9.17, 15) is 4.39 Å². The van der Waals surface area contributed by atoms with E-state index in [1.165, 1.54) is 6.07 Å². The first-order valence-corrected chi connectivity index (χ1v) is 7.64. The molecule has 2 unspecified atom stereocenters. The summed E-state index contributed by atoms with van der Waals surface area (Å²) >= 11 is 3.40. The van der Waals surface area contributed by atoms with E-state index in [1.807, 2.05) is 13.1 Å². The second-order valence-corrected chi connectivity index (χ2v) is 7.34. The number of halogens is 2. The van der Waals surface area contributed by atoms with Crippen molar-refractivity contribution in [2.45, 2.75) is 46.6 Å². The molecule has 1 rings (SSSR count). The summed E-state index contributed by atoms with van der Waals surface area (Å²) in [7, 11) is 1.95. The Kier molecular flexibility index (Phi) is 6.00. The number of likely N-dealkylation sites (N-methyl/N-ethyl adjacent to an activating group) is 1. The molecule has 0 heterocycles. The van der Waals surface area contributed by atoms with Gasteiger partial charge < -0.3 is 5.32 Å². The Bertz CT molecular complexity index is 412.